The quantitative estimate of drug-likeness (QED) is 0.403. The third kappa shape index (κ3) is 6.70. The van der Waals surface area contributed by atoms with E-state index < -0.39 is 6.61 Å². The summed E-state index contributed by atoms with van der Waals surface area (Å²) < 4.78 is 37.0. The molecule has 0 radical (unpaired) electrons. The van der Waals surface area contributed by atoms with Crippen LogP contribution in [0.4, 0.5) is 8.78 Å². The van der Waals surface area contributed by atoms with Crippen LogP contribution in [-0.4, -0.2) is 36.5 Å². The number of halogens is 2. The van der Waals surface area contributed by atoms with Gasteiger partial charge < -0.3 is 20.1 Å². The van der Waals surface area contributed by atoms with Gasteiger partial charge in [0.25, 0.3) is 0 Å². The molecule has 0 atom stereocenters. The van der Waals surface area contributed by atoms with E-state index in [-0.39, 0.29) is 12.3 Å². The number of aromatic nitrogens is 2. The predicted molar refractivity (Wildman–Crippen MR) is 114 cm³/mol. The van der Waals surface area contributed by atoms with Gasteiger partial charge in [-0.2, -0.15) is 13.9 Å². The Morgan fingerprint density at radius 1 is 1.10 bits per heavy atom. The molecule has 0 bridgehead atoms. The average Bonchev–Trinajstić information content (AvgIpc) is 3.27. The first-order valence-corrected chi connectivity index (χ1v) is 9.69. The third-order valence-electron chi connectivity index (χ3n) is 4.51. The Labute approximate surface area is 179 Å². The lowest BCUT2D eigenvalue weighted by Crippen LogP contribution is -2.36. The molecular weight excluding hydrogens is 404 g/mol. The van der Waals surface area contributed by atoms with E-state index in [4.69, 9.17) is 4.74 Å². The Balaban J connectivity index is 1.59. The van der Waals surface area contributed by atoms with E-state index in [0.717, 1.165) is 11.1 Å². The summed E-state index contributed by atoms with van der Waals surface area (Å²) in [5, 5.41) is 10.6. The average molecular weight is 429 g/mol. The lowest BCUT2D eigenvalue weighted by atomic mass is 10.1. The second-order valence-electron chi connectivity index (χ2n) is 6.66. The molecule has 3 aromatic rings. The molecule has 7 nitrogen and oxygen atoms in total. The fourth-order valence-electron chi connectivity index (χ4n) is 3.04. The highest BCUT2D eigenvalue weighted by molar-refractivity contribution is 5.79. The minimum Gasteiger partial charge on any atom is -0.497 e. The SMILES string of the molecule is CN=C(NCc1cccc(Cn2cccn2)c1)NCc1cc(OC)ccc1OC(F)F. The van der Waals surface area contributed by atoms with Gasteiger partial charge in [-0.3, -0.25) is 9.67 Å². The van der Waals surface area contributed by atoms with Crippen molar-refractivity contribution in [3.8, 4) is 11.5 Å². The number of rotatable bonds is 9. The maximum atomic E-state index is 12.7. The lowest BCUT2D eigenvalue weighted by molar-refractivity contribution is -0.0504. The number of methoxy groups -OCH3 is 1. The molecule has 0 aliphatic heterocycles. The Bertz CT molecular complexity index is 993. The molecule has 0 spiro atoms. The van der Waals surface area contributed by atoms with Crippen LogP contribution in [-0.2, 0) is 19.6 Å². The zero-order valence-electron chi connectivity index (χ0n) is 17.4. The normalized spacial score (nSPS) is 11.5. The molecule has 1 aromatic heterocycles. The fourth-order valence-corrected chi connectivity index (χ4v) is 3.04. The fraction of sp³-hybridized carbons (Fsp3) is 0.273. The van der Waals surface area contributed by atoms with Crippen LogP contribution in [0.3, 0.4) is 0 Å². The van der Waals surface area contributed by atoms with Crippen LogP contribution in [0.5, 0.6) is 11.5 Å². The summed E-state index contributed by atoms with van der Waals surface area (Å²) in [4.78, 5) is 4.19. The van der Waals surface area contributed by atoms with E-state index in [2.05, 4.69) is 31.5 Å². The molecule has 0 saturated carbocycles. The van der Waals surface area contributed by atoms with Crippen molar-refractivity contribution in [3.63, 3.8) is 0 Å². The third-order valence-corrected chi connectivity index (χ3v) is 4.51. The summed E-state index contributed by atoms with van der Waals surface area (Å²) in [6, 6.07) is 14.7. The molecule has 164 valence electrons. The van der Waals surface area contributed by atoms with Crippen molar-refractivity contribution < 1.29 is 18.3 Å². The largest absolute Gasteiger partial charge is 0.497 e. The van der Waals surface area contributed by atoms with Crippen molar-refractivity contribution in [2.24, 2.45) is 4.99 Å². The van der Waals surface area contributed by atoms with Gasteiger partial charge in [-0.1, -0.05) is 24.3 Å². The Morgan fingerprint density at radius 2 is 1.90 bits per heavy atom. The predicted octanol–water partition coefficient (Wildman–Crippen LogP) is 3.41. The summed E-state index contributed by atoms with van der Waals surface area (Å²) in [6.45, 7) is -1.43. The number of nitrogens with one attached hydrogen (secondary N) is 2. The van der Waals surface area contributed by atoms with Gasteiger partial charge in [-0.05, 0) is 35.4 Å². The van der Waals surface area contributed by atoms with Crippen molar-refractivity contribution in [3.05, 3.63) is 77.6 Å². The van der Waals surface area contributed by atoms with E-state index in [1.165, 1.54) is 13.2 Å². The molecule has 0 amide bonds. The van der Waals surface area contributed by atoms with Crippen LogP contribution < -0.4 is 20.1 Å². The van der Waals surface area contributed by atoms with E-state index in [9.17, 15) is 8.78 Å². The standard InChI is InChI=1S/C22H25F2N5O2/c1-25-22(27-14-18-12-19(30-2)7-8-20(18)31-21(23)24)26-13-16-5-3-6-17(11-16)15-29-10-4-9-28-29/h3-12,21H,13-15H2,1-2H3,(H2,25,26,27). The number of aliphatic imine (C=N–C) groups is 1. The zero-order valence-corrected chi connectivity index (χ0v) is 17.4. The molecule has 9 heteroatoms. The number of hydrogen-bond acceptors (Lipinski definition) is 4. The van der Waals surface area contributed by atoms with Crippen molar-refractivity contribution >= 4 is 5.96 Å². The van der Waals surface area contributed by atoms with Crippen molar-refractivity contribution in [2.45, 2.75) is 26.2 Å². The van der Waals surface area contributed by atoms with Crippen molar-refractivity contribution in [1.29, 1.82) is 0 Å². The van der Waals surface area contributed by atoms with Gasteiger partial charge >= 0.3 is 6.61 Å². The maximum absolute atomic E-state index is 12.7. The molecule has 1 heterocycles. The number of benzene rings is 2. The van der Waals surface area contributed by atoms with Gasteiger partial charge in [0.2, 0.25) is 0 Å². The first kappa shape index (κ1) is 22.1. The van der Waals surface area contributed by atoms with Crippen LogP contribution in [0.15, 0.2) is 65.9 Å². The lowest BCUT2D eigenvalue weighted by Gasteiger charge is -2.16. The van der Waals surface area contributed by atoms with Gasteiger partial charge in [0.1, 0.15) is 11.5 Å². The van der Waals surface area contributed by atoms with Crippen molar-refractivity contribution in [2.75, 3.05) is 14.2 Å². The molecule has 2 aromatic carbocycles. The smallest absolute Gasteiger partial charge is 0.387 e. The molecule has 2 N–H and O–H groups in total. The van der Waals surface area contributed by atoms with Crippen LogP contribution >= 0.6 is 0 Å². The summed E-state index contributed by atoms with van der Waals surface area (Å²) in [5.41, 5.74) is 2.75. The van der Waals surface area contributed by atoms with E-state index >= 15 is 0 Å². The van der Waals surface area contributed by atoms with Crippen molar-refractivity contribution in [1.82, 2.24) is 20.4 Å². The van der Waals surface area contributed by atoms with Crippen LogP contribution in [0.1, 0.15) is 16.7 Å². The highest BCUT2D eigenvalue weighted by atomic mass is 19.3. The summed E-state index contributed by atoms with van der Waals surface area (Å²) in [7, 11) is 3.16. The molecule has 0 aliphatic rings. The topological polar surface area (TPSA) is 72.7 Å². The summed E-state index contributed by atoms with van der Waals surface area (Å²) >= 11 is 0. The summed E-state index contributed by atoms with van der Waals surface area (Å²) in [5.74, 6) is 1.17. The maximum Gasteiger partial charge on any atom is 0.387 e. The number of alkyl halides is 2. The number of hydrogen-bond donors (Lipinski definition) is 2. The van der Waals surface area contributed by atoms with E-state index in [1.54, 1.807) is 25.4 Å². The minimum atomic E-state index is -2.90. The van der Waals surface area contributed by atoms with Gasteiger partial charge in [0.05, 0.1) is 13.7 Å². The molecule has 3 rings (SSSR count). The second-order valence-corrected chi connectivity index (χ2v) is 6.66. The van der Waals surface area contributed by atoms with Gasteiger partial charge in [-0.25, -0.2) is 0 Å². The van der Waals surface area contributed by atoms with Gasteiger partial charge in [-0.15, -0.1) is 0 Å². The minimum absolute atomic E-state index is 0.0880. The first-order chi connectivity index (χ1) is 15.1. The molecule has 31 heavy (non-hydrogen) atoms. The van der Waals surface area contributed by atoms with Crippen LogP contribution in [0, 0.1) is 0 Å². The van der Waals surface area contributed by atoms with Crippen LogP contribution in [0.25, 0.3) is 0 Å². The van der Waals surface area contributed by atoms with E-state index in [1.807, 2.05) is 35.1 Å². The summed E-state index contributed by atoms with van der Waals surface area (Å²) in [6.07, 6.45) is 3.67. The van der Waals surface area contributed by atoms with Crippen LogP contribution in [0.2, 0.25) is 0 Å². The number of nitrogens with zero attached hydrogens (tertiary/aromatic N) is 3. The van der Waals surface area contributed by atoms with Gasteiger partial charge in [0.15, 0.2) is 5.96 Å². The molecule has 0 unspecified atom stereocenters. The Morgan fingerprint density at radius 3 is 2.61 bits per heavy atom. The number of ether oxygens (including phenoxy) is 2. The van der Waals surface area contributed by atoms with E-state index in [0.29, 0.717) is 30.4 Å². The first-order valence-electron chi connectivity index (χ1n) is 9.69. The Hall–Kier alpha value is -3.62. The molecule has 0 aliphatic carbocycles. The second kappa shape index (κ2) is 11.0. The monoisotopic (exact) mass is 429 g/mol. The highest BCUT2D eigenvalue weighted by Crippen LogP contribution is 2.25. The zero-order chi connectivity index (χ0) is 22.1. The highest BCUT2D eigenvalue weighted by Gasteiger charge is 2.11. The Kier molecular flexibility index (Phi) is 7.80. The molecule has 0 fully saturated rings. The van der Waals surface area contributed by atoms with Gasteiger partial charge in [0, 0.05) is 38.1 Å². The number of guanidine groups is 1. The molecule has 0 saturated heterocycles. The molecular formula is C22H25F2N5O2.